The summed E-state index contributed by atoms with van der Waals surface area (Å²) in [6.07, 6.45) is 5.32. The Labute approximate surface area is 167 Å². The van der Waals surface area contributed by atoms with E-state index in [9.17, 15) is 4.79 Å². The summed E-state index contributed by atoms with van der Waals surface area (Å²) in [6.45, 7) is 0. The number of furan rings is 1. The summed E-state index contributed by atoms with van der Waals surface area (Å²) in [6, 6.07) is 7.57. The Morgan fingerprint density at radius 3 is 2.93 bits per heavy atom. The van der Waals surface area contributed by atoms with Gasteiger partial charge in [0.15, 0.2) is 11.4 Å². The van der Waals surface area contributed by atoms with Gasteiger partial charge in [-0.1, -0.05) is 0 Å². The number of nitrogens with two attached hydrogens (primary N) is 1. The second-order valence-corrected chi connectivity index (χ2v) is 8.08. The molecule has 0 spiro atoms. The Morgan fingerprint density at radius 1 is 1.18 bits per heavy atom. The van der Waals surface area contributed by atoms with Crippen molar-refractivity contribution in [3.05, 3.63) is 53.1 Å². The van der Waals surface area contributed by atoms with Crippen molar-refractivity contribution in [2.75, 3.05) is 12.8 Å². The number of hydrogen-bond acceptors (Lipinski definition) is 8. The standard InChI is InChI=1S/C20H13N3O3S2/c1-25-20(24)16-3-2-15(28-16)12-7-23-19(21)18-11(12)6-14(26-18)13-9-27-17-8-22-5-4-10(13)17/h2-9H,1H3,(H2,21,23). The molecule has 0 unspecified atom stereocenters. The van der Waals surface area contributed by atoms with Crippen LogP contribution in [-0.4, -0.2) is 23.0 Å². The van der Waals surface area contributed by atoms with Gasteiger partial charge in [0, 0.05) is 50.7 Å². The van der Waals surface area contributed by atoms with Crippen molar-refractivity contribution in [3.63, 3.8) is 0 Å². The van der Waals surface area contributed by atoms with Crippen molar-refractivity contribution in [2.24, 2.45) is 0 Å². The lowest BCUT2D eigenvalue weighted by Gasteiger charge is -2.00. The molecule has 0 amide bonds. The Kier molecular flexibility index (Phi) is 3.88. The first-order chi connectivity index (χ1) is 13.7. The Bertz CT molecular complexity index is 1350. The van der Waals surface area contributed by atoms with Crippen LogP contribution in [0.4, 0.5) is 5.82 Å². The van der Waals surface area contributed by atoms with Crippen LogP contribution < -0.4 is 5.73 Å². The van der Waals surface area contributed by atoms with Gasteiger partial charge in [-0.05, 0) is 24.3 Å². The third-order valence-corrected chi connectivity index (χ3v) is 6.52. The second kappa shape index (κ2) is 6.43. The molecule has 0 aliphatic carbocycles. The number of esters is 1. The van der Waals surface area contributed by atoms with Crippen molar-refractivity contribution in [1.82, 2.24) is 9.97 Å². The largest absolute Gasteiger partial charge is 0.465 e. The fraction of sp³-hybridized carbons (Fsp3) is 0.0500. The number of rotatable bonds is 3. The number of methoxy groups -OCH3 is 1. The third-order valence-electron chi connectivity index (χ3n) is 4.49. The molecule has 5 aromatic rings. The third kappa shape index (κ3) is 2.57. The van der Waals surface area contributed by atoms with E-state index in [1.165, 1.54) is 18.4 Å². The maximum atomic E-state index is 11.8. The lowest BCUT2D eigenvalue weighted by Crippen LogP contribution is -1.96. The number of anilines is 1. The smallest absolute Gasteiger partial charge is 0.348 e. The maximum absolute atomic E-state index is 11.8. The van der Waals surface area contributed by atoms with Crippen molar-refractivity contribution in [1.29, 1.82) is 0 Å². The minimum atomic E-state index is -0.359. The van der Waals surface area contributed by atoms with Gasteiger partial charge in [0.1, 0.15) is 10.6 Å². The highest BCUT2D eigenvalue weighted by atomic mass is 32.1. The van der Waals surface area contributed by atoms with Crippen molar-refractivity contribution < 1.29 is 13.9 Å². The van der Waals surface area contributed by atoms with Crippen LogP contribution in [0, 0.1) is 0 Å². The summed E-state index contributed by atoms with van der Waals surface area (Å²) in [7, 11) is 1.37. The van der Waals surface area contributed by atoms with Crippen LogP contribution in [0.1, 0.15) is 9.67 Å². The Hall–Kier alpha value is -3.23. The zero-order valence-corrected chi connectivity index (χ0v) is 16.3. The summed E-state index contributed by atoms with van der Waals surface area (Å²) < 4.78 is 12.0. The molecule has 0 bridgehead atoms. The van der Waals surface area contributed by atoms with Gasteiger partial charge in [0.25, 0.3) is 0 Å². The average molecular weight is 407 g/mol. The zero-order valence-electron chi connectivity index (χ0n) is 14.6. The number of ether oxygens (including phenoxy) is 1. The number of carbonyl (C=O) groups is 1. The average Bonchev–Trinajstić information content (AvgIpc) is 3.45. The molecule has 0 aliphatic heterocycles. The van der Waals surface area contributed by atoms with E-state index in [1.54, 1.807) is 29.8 Å². The molecule has 0 saturated heterocycles. The molecule has 0 aliphatic rings. The first kappa shape index (κ1) is 16.9. The van der Waals surface area contributed by atoms with Crippen LogP contribution in [-0.2, 0) is 4.74 Å². The lowest BCUT2D eigenvalue weighted by molar-refractivity contribution is 0.0606. The Balaban J connectivity index is 1.69. The SMILES string of the molecule is COC(=O)c1ccc(-c2cnc(N)c3oc(-c4csc5cnccc45)cc23)s1. The molecule has 0 aromatic carbocycles. The number of hydrogen-bond donors (Lipinski definition) is 1. The Morgan fingerprint density at radius 2 is 2.07 bits per heavy atom. The van der Waals surface area contributed by atoms with Gasteiger partial charge < -0.3 is 14.9 Å². The van der Waals surface area contributed by atoms with Crippen molar-refractivity contribution >= 4 is 55.5 Å². The first-order valence-electron chi connectivity index (χ1n) is 8.34. The quantitative estimate of drug-likeness (QED) is 0.413. The number of nitrogens with zero attached hydrogens (tertiary/aromatic N) is 2. The minimum absolute atomic E-state index is 0.330. The number of nitrogen functional groups attached to an aromatic ring is 1. The first-order valence-corrected chi connectivity index (χ1v) is 10.0. The topological polar surface area (TPSA) is 91.2 Å². The minimum Gasteiger partial charge on any atom is -0.465 e. The van der Waals surface area contributed by atoms with Gasteiger partial charge in [-0.15, -0.1) is 22.7 Å². The van der Waals surface area contributed by atoms with Crippen LogP contribution >= 0.6 is 22.7 Å². The molecule has 0 atom stereocenters. The van der Waals surface area contributed by atoms with Crippen LogP contribution in [0.5, 0.6) is 0 Å². The van der Waals surface area contributed by atoms with E-state index in [0.29, 0.717) is 16.3 Å². The van der Waals surface area contributed by atoms with E-state index < -0.39 is 0 Å². The molecule has 0 saturated carbocycles. The van der Waals surface area contributed by atoms with Crippen molar-refractivity contribution in [3.8, 4) is 21.8 Å². The van der Waals surface area contributed by atoms with Gasteiger partial charge in [-0.3, -0.25) is 4.98 Å². The second-order valence-electron chi connectivity index (χ2n) is 6.09. The number of thiophene rings is 2. The summed E-state index contributed by atoms with van der Waals surface area (Å²) in [5, 5.41) is 3.99. The molecular formula is C20H13N3O3S2. The van der Waals surface area contributed by atoms with E-state index in [4.69, 9.17) is 14.9 Å². The van der Waals surface area contributed by atoms with Crippen LogP contribution in [0.2, 0.25) is 0 Å². The summed E-state index contributed by atoms with van der Waals surface area (Å²) in [5.41, 5.74) is 8.46. The molecular weight excluding hydrogens is 394 g/mol. The molecule has 5 heterocycles. The predicted octanol–water partition coefficient (Wildman–Crippen LogP) is 5.20. The highest BCUT2D eigenvalue weighted by Crippen LogP contribution is 2.41. The molecule has 6 nitrogen and oxygen atoms in total. The highest BCUT2D eigenvalue weighted by molar-refractivity contribution is 7.18. The van der Waals surface area contributed by atoms with Crippen LogP contribution in [0.3, 0.4) is 0 Å². The molecule has 28 heavy (non-hydrogen) atoms. The number of aromatic nitrogens is 2. The molecule has 138 valence electrons. The number of fused-ring (bicyclic) bond motifs is 2. The van der Waals surface area contributed by atoms with Gasteiger partial charge in [-0.2, -0.15) is 0 Å². The number of pyridine rings is 2. The zero-order chi connectivity index (χ0) is 19.3. The summed E-state index contributed by atoms with van der Waals surface area (Å²) >= 11 is 2.96. The highest BCUT2D eigenvalue weighted by Gasteiger charge is 2.19. The molecule has 5 rings (SSSR count). The van der Waals surface area contributed by atoms with Crippen LogP contribution in [0.15, 0.2) is 52.7 Å². The van der Waals surface area contributed by atoms with Crippen LogP contribution in [0.25, 0.3) is 42.8 Å². The maximum Gasteiger partial charge on any atom is 0.348 e. The van der Waals surface area contributed by atoms with E-state index >= 15 is 0 Å². The van der Waals surface area contributed by atoms with Crippen molar-refractivity contribution in [2.45, 2.75) is 0 Å². The summed E-state index contributed by atoms with van der Waals surface area (Å²) in [4.78, 5) is 21.7. The molecule has 2 N–H and O–H groups in total. The molecule has 0 fully saturated rings. The van der Waals surface area contributed by atoms with Gasteiger partial charge in [0.05, 0.1) is 11.8 Å². The van der Waals surface area contributed by atoms with E-state index in [-0.39, 0.29) is 5.97 Å². The number of carbonyl (C=O) groups excluding carboxylic acids is 1. The predicted molar refractivity (Wildman–Crippen MR) is 112 cm³/mol. The molecule has 8 heteroatoms. The monoisotopic (exact) mass is 407 g/mol. The summed E-state index contributed by atoms with van der Waals surface area (Å²) in [5.74, 6) is 0.691. The fourth-order valence-electron chi connectivity index (χ4n) is 3.14. The molecule has 5 aromatic heterocycles. The van der Waals surface area contributed by atoms with Gasteiger partial charge in [-0.25, -0.2) is 9.78 Å². The van der Waals surface area contributed by atoms with E-state index in [2.05, 4.69) is 9.97 Å². The molecule has 0 radical (unpaired) electrons. The van der Waals surface area contributed by atoms with E-state index in [1.807, 2.05) is 29.8 Å². The van der Waals surface area contributed by atoms with Gasteiger partial charge >= 0.3 is 5.97 Å². The fourth-order valence-corrected chi connectivity index (χ4v) is 5.00. The normalized spacial score (nSPS) is 11.3. The van der Waals surface area contributed by atoms with Gasteiger partial charge in [0.2, 0.25) is 0 Å². The van der Waals surface area contributed by atoms with E-state index in [0.717, 1.165) is 37.2 Å². The lowest BCUT2D eigenvalue weighted by atomic mass is 10.1.